The summed E-state index contributed by atoms with van der Waals surface area (Å²) in [5, 5.41) is 11.6. The maximum atomic E-state index is 13.2. The third-order valence-corrected chi connectivity index (χ3v) is 6.04. The Morgan fingerprint density at radius 1 is 1.06 bits per heavy atom. The number of para-hydroxylation sites is 1. The number of aliphatic hydroxyl groups excluding tert-OH is 1. The second-order valence-corrected chi connectivity index (χ2v) is 8.26. The summed E-state index contributed by atoms with van der Waals surface area (Å²) in [6.45, 7) is -0.739. The molecule has 34 heavy (non-hydrogen) atoms. The summed E-state index contributed by atoms with van der Waals surface area (Å²) in [6, 6.07) is 12.9. The molecule has 2 heterocycles. The van der Waals surface area contributed by atoms with Gasteiger partial charge in [-0.1, -0.05) is 37.8 Å². The average Bonchev–Trinajstić information content (AvgIpc) is 3.26. The minimum Gasteiger partial charge on any atom is -0.488 e. The van der Waals surface area contributed by atoms with Crippen molar-refractivity contribution in [2.45, 2.75) is 32.1 Å². The van der Waals surface area contributed by atoms with Gasteiger partial charge in [0.15, 0.2) is 11.9 Å². The van der Waals surface area contributed by atoms with E-state index in [0.717, 1.165) is 10.9 Å². The molecule has 0 saturated heterocycles. The number of aliphatic hydroxyl groups is 1. The molecule has 184 valence electrons. The van der Waals surface area contributed by atoms with Crippen molar-refractivity contribution in [3.05, 3.63) is 64.9 Å². The van der Waals surface area contributed by atoms with Crippen LogP contribution in [-0.2, 0) is 0 Å². The number of nitrogens with zero attached hydrogens (tertiary/aromatic N) is 1. The first-order valence-electron chi connectivity index (χ1n) is 9.70. The highest BCUT2D eigenvalue weighted by Gasteiger charge is 2.42. The summed E-state index contributed by atoms with van der Waals surface area (Å²) in [5.41, 5.74) is 1.01. The lowest BCUT2D eigenvalue weighted by molar-refractivity contribution is -0.274. The van der Waals surface area contributed by atoms with Gasteiger partial charge in [0.1, 0.15) is 12.4 Å². The highest BCUT2D eigenvalue weighted by atomic mass is 32.1. The molecule has 0 fully saturated rings. The molecule has 0 saturated carbocycles. The van der Waals surface area contributed by atoms with Crippen LogP contribution in [0.2, 0.25) is 0 Å². The fourth-order valence-electron chi connectivity index (χ4n) is 3.64. The molecule has 0 spiro atoms. The Kier molecular flexibility index (Phi) is 7.37. The van der Waals surface area contributed by atoms with Crippen LogP contribution in [0.3, 0.4) is 0 Å². The van der Waals surface area contributed by atoms with Crippen molar-refractivity contribution in [3.63, 3.8) is 0 Å². The first-order chi connectivity index (χ1) is 15.5. The monoisotopic (exact) mass is 505 g/mol. The summed E-state index contributed by atoms with van der Waals surface area (Å²) >= 11 is 1.34. The molecule has 4 nitrogen and oxygen atoms in total. The van der Waals surface area contributed by atoms with Crippen LogP contribution in [0.4, 0.5) is 32.0 Å². The van der Waals surface area contributed by atoms with Crippen molar-refractivity contribution < 1.29 is 40.9 Å². The highest BCUT2D eigenvalue weighted by Crippen LogP contribution is 2.46. The second-order valence-electron chi connectivity index (χ2n) is 7.28. The number of thiophene rings is 1. The predicted molar refractivity (Wildman–Crippen MR) is 117 cm³/mol. The van der Waals surface area contributed by atoms with Crippen LogP contribution in [0.5, 0.6) is 11.5 Å². The van der Waals surface area contributed by atoms with Gasteiger partial charge in [0.25, 0.3) is 0 Å². The van der Waals surface area contributed by atoms with Gasteiger partial charge in [-0.05, 0) is 35.2 Å². The standard InChI is InChI=1S/C22H17F6NO3S.CH4/c23-21(24,25)19(30)11-29-16-7-2-6-15(13-4-1-5-14(10-13)32-22(26,27)28)20(16)31-12-17(29)18-8-3-9-33-18;/h1-10,17,19,30H,11-12H2;1H4. The number of benzene rings is 2. The number of hydrogen-bond donors (Lipinski definition) is 1. The minimum atomic E-state index is -4.87. The number of fused-ring (bicyclic) bond motifs is 1. The van der Waals surface area contributed by atoms with Crippen molar-refractivity contribution in [1.82, 2.24) is 0 Å². The first-order valence-corrected chi connectivity index (χ1v) is 10.6. The molecule has 1 aromatic heterocycles. The Bertz CT molecular complexity index is 1100. The maximum absolute atomic E-state index is 13.2. The summed E-state index contributed by atoms with van der Waals surface area (Å²) in [7, 11) is 0. The Balaban J connectivity index is 0.00000324. The van der Waals surface area contributed by atoms with Crippen LogP contribution in [0, 0.1) is 0 Å². The maximum Gasteiger partial charge on any atom is 0.573 e. The van der Waals surface area contributed by atoms with Crippen molar-refractivity contribution >= 4 is 17.0 Å². The Labute approximate surface area is 196 Å². The minimum absolute atomic E-state index is 0. The van der Waals surface area contributed by atoms with E-state index in [4.69, 9.17) is 4.74 Å². The zero-order valence-corrected chi connectivity index (χ0v) is 17.5. The van der Waals surface area contributed by atoms with Gasteiger partial charge in [0, 0.05) is 10.4 Å². The molecule has 2 atom stereocenters. The topological polar surface area (TPSA) is 41.9 Å². The van der Waals surface area contributed by atoms with Crippen molar-refractivity contribution in [2.75, 3.05) is 18.1 Å². The molecule has 2 aromatic carbocycles. The molecule has 0 radical (unpaired) electrons. The van der Waals surface area contributed by atoms with Crippen LogP contribution < -0.4 is 14.4 Å². The lowest BCUT2D eigenvalue weighted by Gasteiger charge is -2.40. The largest absolute Gasteiger partial charge is 0.573 e. The number of anilines is 1. The summed E-state index contributed by atoms with van der Waals surface area (Å²) < 4.78 is 87.3. The number of ether oxygens (including phenoxy) is 2. The molecule has 2 unspecified atom stereocenters. The van der Waals surface area contributed by atoms with Crippen LogP contribution in [0.25, 0.3) is 11.1 Å². The van der Waals surface area contributed by atoms with E-state index in [0.29, 0.717) is 16.8 Å². The van der Waals surface area contributed by atoms with Gasteiger partial charge in [0.2, 0.25) is 0 Å². The van der Waals surface area contributed by atoms with E-state index in [2.05, 4.69) is 4.74 Å². The van der Waals surface area contributed by atoms with E-state index in [9.17, 15) is 31.4 Å². The van der Waals surface area contributed by atoms with Gasteiger partial charge < -0.3 is 19.5 Å². The van der Waals surface area contributed by atoms with E-state index >= 15 is 0 Å². The van der Waals surface area contributed by atoms with Gasteiger partial charge in [-0.25, -0.2) is 0 Å². The smallest absolute Gasteiger partial charge is 0.488 e. The first kappa shape index (κ1) is 25.7. The Hall–Kier alpha value is -2.92. The quantitative estimate of drug-likeness (QED) is 0.387. The highest BCUT2D eigenvalue weighted by molar-refractivity contribution is 7.10. The van der Waals surface area contributed by atoms with Gasteiger partial charge in [-0.3, -0.25) is 0 Å². The fraction of sp³-hybridized carbons (Fsp3) is 0.304. The van der Waals surface area contributed by atoms with E-state index in [1.807, 2.05) is 0 Å². The normalized spacial score (nSPS) is 16.8. The van der Waals surface area contributed by atoms with Gasteiger partial charge >= 0.3 is 12.5 Å². The Morgan fingerprint density at radius 2 is 1.79 bits per heavy atom. The molecule has 1 aliphatic rings. The number of rotatable bonds is 5. The van der Waals surface area contributed by atoms with Crippen LogP contribution in [0.15, 0.2) is 60.0 Å². The van der Waals surface area contributed by atoms with E-state index in [1.54, 1.807) is 41.8 Å². The molecule has 0 aliphatic carbocycles. The number of hydrogen-bond acceptors (Lipinski definition) is 5. The lowest BCUT2D eigenvalue weighted by Crippen LogP contribution is -2.45. The van der Waals surface area contributed by atoms with Crippen LogP contribution >= 0.6 is 11.3 Å². The zero-order valence-electron chi connectivity index (χ0n) is 16.7. The molecule has 1 aliphatic heterocycles. The van der Waals surface area contributed by atoms with Crippen molar-refractivity contribution in [2.24, 2.45) is 0 Å². The number of β-amino-alcohol motifs (C(OH)–C–C–N with tert-alkyl or cyclic N) is 1. The molecule has 1 N–H and O–H groups in total. The van der Waals surface area contributed by atoms with Gasteiger partial charge in [-0.15, -0.1) is 24.5 Å². The molecule has 4 rings (SSSR count). The molecule has 11 heteroatoms. The molecule has 3 aromatic rings. The summed E-state index contributed by atoms with van der Waals surface area (Å²) in [6.07, 6.45) is -12.3. The van der Waals surface area contributed by atoms with Crippen molar-refractivity contribution in [1.29, 1.82) is 0 Å². The predicted octanol–water partition coefficient (Wildman–Crippen LogP) is 6.81. The van der Waals surface area contributed by atoms with Gasteiger partial charge in [0.05, 0.1) is 18.3 Å². The fourth-order valence-corrected chi connectivity index (χ4v) is 4.47. The summed E-state index contributed by atoms with van der Waals surface area (Å²) in [4.78, 5) is 2.17. The molecular formula is C23H21F6NO3S. The van der Waals surface area contributed by atoms with Crippen molar-refractivity contribution in [3.8, 4) is 22.6 Å². The molecule has 0 amide bonds. The lowest BCUT2D eigenvalue weighted by atomic mass is 10.0. The van der Waals surface area contributed by atoms with E-state index in [-0.39, 0.29) is 19.8 Å². The van der Waals surface area contributed by atoms with Crippen LogP contribution in [-0.4, -0.2) is 36.9 Å². The third kappa shape index (κ3) is 5.58. The SMILES string of the molecule is C.OC(CN1c2cccc(-c3cccc(OC(F)(F)F)c3)c2OCC1c1cccs1)C(F)(F)F. The number of halogens is 6. The zero-order chi connectivity index (χ0) is 23.8. The second kappa shape index (κ2) is 9.75. The van der Waals surface area contributed by atoms with Crippen LogP contribution in [0.1, 0.15) is 18.3 Å². The summed E-state index contributed by atoms with van der Waals surface area (Å²) in [5.74, 6) is -0.224. The average molecular weight is 505 g/mol. The third-order valence-electron chi connectivity index (χ3n) is 5.06. The van der Waals surface area contributed by atoms with Gasteiger partial charge in [-0.2, -0.15) is 13.2 Å². The molecular weight excluding hydrogens is 484 g/mol. The van der Waals surface area contributed by atoms with E-state index < -0.39 is 37.0 Å². The molecule has 0 bridgehead atoms. The number of alkyl halides is 6. The van der Waals surface area contributed by atoms with E-state index in [1.165, 1.54) is 28.4 Å². The Morgan fingerprint density at radius 3 is 2.44 bits per heavy atom.